The van der Waals surface area contributed by atoms with Gasteiger partial charge in [-0.15, -0.1) is 11.8 Å². The number of amides is 2. The summed E-state index contributed by atoms with van der Waals surface area (Å²) in [5.74, 6) is 0.0186. The molecule has 0 aromatic heterocycles. The van der Waals surface area contributed by atoms with Gasteiger partial charge in [-0.25, -0.2) is 0 Å². The number of hydrogen-bond acceptors (Lipinski definition) is 3. The van der Waals surface area contributed by atoms with Crippen LogP contribution in [0.3, 0.4) is 0 Å². The number of nitrogens with zero attached hydrogens (tertiary/aromatic N) is 1. The average molecular weight is 385 g/mol. The summed E-state index contributed by atoms with van der Waals surface area (Å²) in [6, 6.07) is 16.0. The Balaban J connectivity index is 1.51. The van der Waals surface area contributed by atoms with Gasteiger partial charge in [0.25, 0.3) is 11.8 Å². The van der Waals surface area contributed by atoms with E-state index in [1.54, 1.807) is 11.8 Å². The highest BCUT2D eigenvalue weighted by Crippen LogP contribution is 2.24. The first-order valence-electron chi connectivity index (χ1n) is 9.15. The molecule has 1 aliphatic rings. The second kappa shape index (κ2) is 9.06. The molecule has 1 atom stereocenters. The standard InChI is InChI=1S/C21H25N3O2S/c1-23(14-20(25)22-18-9-5-6-10-19(18)27-2)15-21(26)24-12-11-16-7-3-4-8-17(16)13-24/h3-10H,11-15H2,1-2H3,(H,22,25)/p+1. The molecule has 27 heavy (non-hydrogen) atoms. The Labute approximate surface area is 164 Å². The van der Waals surface area contributed by atoms with Crippen molar-refractivity contribution in [1.82, 2.24) is 4.90 Å². The maximum atomic E-state index is 12.6. The minimum atomic E-state index is -0.0780. The largest absolute Gasteiger partial charge is 0.333 e. The van der Waals surface area contributed by atoms with Crippen molar-refractivity contribution < 1.29 is 14.5 Å². The minimum absolute atomic E-state index is 0.0780. The number of para-hydroxylation sites is 1. The third-order valence-electron chi connectivity index (χ3n) is 4.78. The Kier molecular flexibility index (Phi) is 6.53. The zero-order chi connectivity index (χ0) is 19.2. The number of nitrogens with one attached hydrogen (secondary N) is 2. The van der Waals surface area contributed by atoms with Crippen LogP contribution >= 0.6 is 11.8 Å². The molecular formula is C21H26N3O2S+. The minimum Gasteiger partial charge on any atom is -0.333 e. The summed E-state index contributed by atoms with van der Waals surface area (Å²) in [5, 5.41) is 2.95. The van der Waals surface area contributed by atoms with Gasteiger partial charge in [0.15, 0.2) is 13.1 Å². The van der Waals surface area contributed by atoms with E-state index in [0.717, 1.165) is 28.4 Å². The van der Waals surface area contributed by atoms with Crippen molar-refractivity contribution in [1.29, 1.82) is 0 Å². The second-order valence-electron chi connectivity index (χ2n) is 6.89. The Bertz CT molecular complexity index is 825. The van der Waals surface area contributed by atoms with Crippen molar-refractivity contribution in [2.24, 2.45) is 0 Å². The average Bonchev–Trinajstić information content (AvgIpc) is 2.67. The number of hydrogen-bond donors (Lipinski definition) is 2. The van der Waals surface area contributed by atoms with E-state index in [0.29, 0.717) is 13.1 Å². The molecule has 5 nitrogen and oxygen atoms in total. The maximum Gasteiger partial charge on any atom is 0.279 e. The summed E-state index contributed by atoms with van der Waals surface area (Å²) >= 11 is 1.60. The smallest absolute Gasteiger partial charge is 0.279 e. The SMILES string of the molecule is CSc1ccccc1NC(=O)C[NH+](C)CC(=O)N1CCc2ccccc2C1. The fourth-order valence-electron chi connectivity index (χ4n) is 3.36. The van der Waals surface area contributed by atoms with Crippen LogP contribution in [0.5, 0.6) is 0 Å². The van der Waals surface area contributed by atoms with Crippen molar-refractivity contribution >= 4 is 29.3 Å². The lowest BCUT2D eigenvalue weighted by molar-refractivity contribution is -0.862. The van der Waals surface area contributed by atoms with Gasteiger partial charge in [0.1, 0.15) is 0 Å². The van der Waals surface area contributed by atoms with Crippen LogP contribution in [0.25, 0.3) is 0 Å². The molecule has 0 spiro atoms. The van der Waals surface area contributed by atoms with Gasteiger partial charge in [-0.2, -0.15) is 0 Å². The molecule has 2 amide bonds. The number of likely N-dealkylation sites (N-methyl/N-ethyl adjacent to an activating group) is 1. The number of carbonyl (C=O) groups excluding carboxylic acids is 2. The molecule has 142 valence electrons. The van der Waals surface area contributed by atoms with Crippen LogP contribution in [0, 0.1) is 0 Å². The van der Waals surface area contributed by atoms with E-state index in [4.69, 9.17) is 0 Å². The molecule has 0 saturated heterocycles. The van der Waals surface area contributed by atoms with Crippen molar-refractivity contribution in [3.8, 4) is 0 Å². The van der Waals surface area contributed by atoms with E-state index in [2.05, 4.69) is 17.4 Å². The molecule has 0 radical (unpaired) electrons. The van der Waals surface area contributed by atoms with Crippen LogP contribution in [0.15, 0.2) is 53.4 Å². The maximum absolute atomic E-state index is 12.6. The fraction of sp³-hybridized carbons (Fsp3) is 0.333. The first kappa shape index (κ1) is 19.5. The van der Waals surface area contributed by atoms with Crippen molar-refractivity contribution in [2.75, 3.05) is 38.3 Å². The van der Waals surface area contributed by atoms with Gasteiger partial charge in [0.05, 0.1) is 12.7 Å². The van der Waals surface area contributed by atoms with E-state index in [9.17, 15) is 9.59 Å². The van der Waals surface area contributed by atoms with E-state index in [1.807, 2.05) is 54.6 Å². The van der Waals surface area contributed by atoms with Gasteiger partial charge in [-0.1, -0.05) is 36.4 Å². The third kappa shape index (κ3) is 5.11. The Morgan fingerprint density at radius 3 is 2.56 bits per heavy atom. The van der Waals surface area contributed by atoms with Crippen LogP contribution in [0.4, 0.5) is 5.69 Å². The predicted octanol–water partition coefficient (Wildman–Crippen LogP) is 1.45. The van der Waals surface area contributed by atoms with Crippen LogP contribution in [-0.4, -0.2) is 49.7 Å². The summed E-state index contributed by atoms with van der Waals surface area (Å²) in [6.07, 6.45) is 2.88. The monoisotopic (exact) mass is 384 g/mol. The number of fused-ring (bicyclic) bond motifs is 1. The molecule has 1 unspecified atom stereocenters. The van der Waals surface area contributed by atoms with Gasteiger partial charge in [0, 0.05) is 18.0 Å². The molecule has 2 N–H and O–H groups in total. The molecule has 3 rings (SSSR count). The van der Waals surface area contributed by atoms with Gasteiger partial charge in [0.2, 0.25) is 0 Å². The predicted molar refractivity (Wildman–Crippen MR) is 109 cm³/mol. The summed E-state index contributed by atoms with van der Waals surface area (Å²) in [4.78, 5) is 28.8. The molecule has 0 bridgehead atoms. The first-order valence-corrected chi connectivity index (χ1v) is 10.4. The molecular weight excluding hydrogens is 358 g/mol. The topological polar surface area (TPSA) is 53.9 Å². The fourth-order valence-corrected chi connectivity index (χ4v) is 3.91. The molecule has 0 fully saturated rings. The Hall–Kier alpha value is -2.31. The molecule has 0 saturated carbocycles. The van der Waals surface area contributed by atoms with Crippen molar-refractivity contribution in [3.63, 3.8) is 0 Å². The number of rotatable bonds is 6. The van der Waals surface area contributed by atoms with E-state index in [-0.39, 0.29) is 18.4 Å². The van der Waals surface area contributed by atoms with Gasteiger partial charge in [-0.05, 0) is 35.9 Å². The Morgan fingerprint density at radius 2 is 1.78 bits per heavy atom. The molecule has 1 heterocycles. The van der Waals surface area contributed by atoms with Gasteiger partial charge < -0.3 is 15.1 Å². The number of quaternary nitrogens is 1. The van der Waals surface area contributed by atoms with Crippen LogP contribution in [0.2, 0.25) is 0 Å². The third-order valence-corrected chi connectivity index (χ3v) is 5.58. The summed E-state index contributed by atoms with van der Waals surface area (Å²) in [6.45, 7) is 1.99. The normalized spacial score (nSPS) is 14.4. The molecule has 1 aliphatic heterocycles. The molecule has 2 aromatic rings. The zero-order valence-electron chi connectivity index (χ0n) is 15.8. The highest BCUT2D eigenvalue weighted by Gasteiger charge is 2.23. The molecule has 2 aromatic carbocycles. The first-order chi connectivity index (χ1) is 13.1. The van der Waals surface area contributed by atoms with Gasteiger partial charge in [-0.3, -0.25) is 9.59 Å². The van der Waals surface area contributed by atoms with Crippen molar-refractivity contribution in [3.05, 3.63) is 59.7 Å². The molecule has 6 heteroatoms. The highest BCUT2D eigenvalue weighted by atomic mass is 32.2. The molecule has 0 aliphatic carbocycles. The zero-order valence-corrected chi connectivity index (χ0v) is 16.6. The van der Waals surface area contributed by atoms with E-state index >= 15 is 0 Å². The Morgan fingerprint density at radius 1 is 1.07 bits per heavy atom. The van der Waals surface area contributed by atoms with Crippen LogP contribution < -0.4 is 10.2 Å². The van der Waals surface area contributed by atoms with Gasteiger partial charge >= 0.3 is 0 Å². The lowest BCUT2D eigenvalue weighted by Crippen LogP contribution is -3.11. The van der Waals surface area contributed by atoms with E-state index in [1.165, 1.54) is 11.1 Å². The lowest BCUT2D eigenvalue weighted by atomic mass is 10.00. The lowest BCUT2D eigenvalue weighted by Gasteiger charge is -2.29. The quantitative estimate of drug-likeness (QED) is 0.741. The number of thioether (sulfide) groups is 1. The number of anilines is 1. The number of carbonyl (C=O) groups is 2. The summed E-state index contributed by atoms with van der Waals surface area (Å²) in [5.41, 5.74) is 3.37. The van der Waals surface area contributed by atoms with Crippen molar-refractivity contribution in [2.45, 2.75) is 17.9 Å². The van der Waals surface area contributed by atoms with Crippen LogP contribution in [-0.2, 0) is 22.6 Å². The number of benzene rings is 2. The second-order valence-corrected chi connectivity index (χ2v) is 7.74. The summed E-state index contributed by atoms with van der Waals surface area (Å²) < 4.78 is 0. The van der Waals surface area contributed by atoms with Crippen LogP contribution in [0.1, 0.15) is 11.1 Å². The summed E-state index contributed by atoms with van der Waals surface area (Å²) in [7, 11) is 1.88. The highest BCUT2D eigenvalue weighted by molar-refractivity contribution is 7.98. The van der Waals surface area contributed by atoms with E-state index < -0.39 is 0 Å².